The predicted molar refractivity (Wildman–Crippen MR) is 121 cm³/mol. The van der Waals surface area contributed by atoms with Crippen LogP contribution in [-0.2, 0) is 4.79 Å². The predicted octanol–water partition coefficient (Wildman–Crippen LogP) is 3.33. The first-order valence-electron chi connectivity index (χ1n) is 9.82. The summed E-state index contributed by atoms with van der Waals surface area (Å²) >= 11 is 0. The molecule has 0 saturated heterocycles. The maximum atomic E-state index is 12.5. The van der Waals surface area contributed by atoms with E-state index in [4.69, 9.17) is 5.73 Å². The summed E-state index contributed by atoms with van der Waals surface area (Å²) in [5.41, 5.74) is 8.21. The molecule has 5 N–H and O–H groups in total. The molecule has 158 valence electrons. The van der Waals surface area contributed by atoms with Gasteiger partial charge in [0, 0.05) is 16.9 Å². The third kappa shape index (κ3) is 5.93. The van der Waals surface area contributed by atoms with E-state index in [0.29, 0.717) is 22.5 Å². The number of para-hydroxylation sites is 1. The molecule has 3 aromatic rings. The zero-order chi connectivity index (χ0) is 22.2. The monoisotopic (exact) mass is 416 g/mol. The molecule has 0 aliphatic heterocycles. The lowest BCUT2D eigenvalue weighted by Gasteiger charge is -2.14. The number of carbonyl (C=O) groups excluding carboxylic acids is 3. The van der Waals surface area contributed by atoms with Gasteiger partial charge >= 0.3 is 0 Å². The van der Waals surface area contributed by atoms with E-state index in [9.17, 15) is 14.4 Å². The van der Waals surface area contributed by atoms with Gasteiger partial charge in [-0.1, -0.05) is 42.5 Å². The molecule has 0 aromatic heterocycles. The molecule has 0 heterocycles. The van der Waals surface area contributed by atoms with Gasteiger partial charge in [0.1, 0.15) is 0 Å². The van der Waals surface area contributed by atoms with Gasteiger partial charge in [0.15, 0.2) is 0 Å². The van der Waals surface area contributed by atoms with Crippen LogP contribution in [-0.4, -0.2) is 24.3 Å². The fourth-order valence-electron chi connectivity index (χ4n) is 3.04. The molecule has 0 fully saturated rings. The molecule has 1 atom stereocenters. The minimum atomic E-state index is -0.570. The van der Waals surface area contributed by atoms with Gasteiger partial charge in [0.05, 0.1) is 18.2 Å². The van der Waals surface area contributed by atoms with Crippen molar-refractivity contribution in [2.45, 2.75) is 13.0 Å². The van der Waals surface area contributed by atoms with Crippen LogP contribution in [0.4, 0.5) is 11.4 Å². The van der Waals surface area contributed by atoms with E-state index < -0.39 is 5.91 Å². The number of nitrogens with two attached hydrogens (primary N) is 1. The number of hydrogen-bond acceptors (Lipinski definition) is 4. The molecule has 7 heteroatoms. The average Bonchev–Trinajstić information content (AvgIpc) is 2.78. The Balaban J connectivity index is 1.53. The molecule has 0 saturated carbocycles. The Morgan fingerprint density at radius 3 is 2.19 bits per heavy atom. The van der Waals surface area contributed by atoms with Crippen molar-refractivity contribution in [3.05, 3.63) is 95.6 Å². The summed E-state index contributed by atoms with van der Waals surface area (Å²) in [7, 11) is 0. The molecule has 0 bridgehead atoms. The number of amides is 3. The largest absolute Gasteiger partial charge is 0.376 e. The molecule has 7 nitrogen and oxygen atoms in total. The number of nitrogens with one attached hydrogen (secondary N) is 3. The summed E-state index contributed by atoms with van der Waals surface area (Å²) in [6, 6.07) is 22.9. The van der Waals surface area contributed by atoms with Crippen LogP contribution >= 0.6 is 0 Å². The van der Waals surface area contributed by atoms with E-state index in [1.54, 1.807) is 48.5 Å². The van der Waals surface area contributed by atoms with Crippen molar-refractivity contribution in [2.75, 3.05) is 17.2 Å². The van der Waals surface area contributed by atoms with Crippen LogP contribution in [0.5, 0.6) is 0 Å². The first-order chi connectivity index (χ1) is 14.9. The fourth-order valence-corrected chi connectivity index (χ4v) is 3.04. The van der Waals surface area contributed by atoms with Crippen molar-refractivity contribution < 1.29 is 14.4 Å². The lowest BCUT2D eigenvalue weighted by Crippen LogP contribution is -2.26. The number of rotatable bonds is 8. The van der Waals surface area contributed by atoms with Crippen LogP contribution in [0.3, 0.4) is 0 Å². The highest BCUT2D eigenvalue weighted by molar-refractivity contribution is 6.00. The lowest BCUT2D eigenvalue weighted by atomic mass is 10.1. The van der Waals surface area contributed by atoms with Crippen LogP contribution in [0, 0.1) is 0 Å². The Bertz CT molecular complexity index is 1070. The average molecular weight is 416 g/mol. The van der Waals surface area contributed by atoms with Crippen molar-refractivity contribution in [3.8, 4) is 0 Å². The van der Waals surface area contributed by atoms with Gasteiger partial charge < -0.3 is 21.7 Å². The molecule has 0 spiro atoms. The number of anilines is 2. The smallest absolute Gasteiger partial charge is 0.251 e. The third-order valence-corrected chi connectivity index (χ3v) is 4.71. The van der Waals surface area contributed by atoms with Crippen molar-refractivity contribution in [1.82, 2.24) is 5.32 Å². The normalized spacial score (nSPS) is 11.3. The number of carbonyl (C=O) groups is 3. The summed E-state index contributed by atoms with van der Waals surface area (Å²) in [6.45, 7) is 1.88. The summed E-state index contributed by atoms with van der Waals surface area (Å²) in [5.74, 6) is -1.06. The zero-order valence-corrected chi connectivity index (χ0v) is 17.1. The molecule has 31 heavy (non-hydrogen) atoms. The molecule has 1 unspecified atom stereocenters. The van der Waals surface area contributed by atoms with Crippen molar-refractivity contribution in [3.63, 3.8) is 0 Å². The van der Waals surface area contributed by atoms with E-state index >= 15 is 0 Å². The topological polar surface area (TPSA) is 113 Å². The van der Waals surface area contributed by atoms with Crippen LogP contribution in [0.1, 0.15) is 39.2 Å². The van der Waals surface area contributed by atoms with E-state index in [-0.39, 0.29) is 24.4 Å². The minimum Gasteiger partial charge on any atom is -0.376 e. The van der Waals surface area contributed by atoms with E-state index in [0.717, 1.165) is 5.56 Å². The molecular formula is C24H24N4O3. The standard InChI is InChI=1S/C24H24N4O3/c1-16(17-7-3-2-4-8-17)27-24(31)18-11-13-19(14-12-18)28-22(29)15-26-21-10-6-5-9-20(21)23(25)30/h2-14,16,26H,15H2,1H3,(H2,25,30)(H,27,31)(H,28,29). The van der Waals surface area contributed by atoms with Crippen LogP contribution in [0.15, 0.2) is 78.9 Å². The Hall–Kier alpha value is -4.13. The van der Waals surface area contributed by atoms with Gasteiger partial charge in [-0.3, -0.25) is 14.4 Å². The minimum absolute atomic E-state index is 0.0406. The van der Waals surface area contributed by atoms with Crippen molar-refractivity contribution in [2.24, 2.45) is 5.73 Å². The van der Waals surface area contributed by atoms with Crippen LogP contribution in [0.25, 0.3) is 0 Å². The van der Waals surface area contributed by atoms with E-state index in [1.165, 1.54) is 0 Å². The maximum Gasteiger partial charge on any atom is 0.251 e. The van der Waals surface area contributed by atoms with Gasteiger partial charge in [0.2, 0.25) is 5.91 Å². The summed E-state index contributed by atoms with van der Waals surface area (Å²) in [5, 5.41) is 8.60. The maximum absolute atomic E-state index is 12.5. The summed E-state index contributed by atoms with van der Waals surface area (Å²) in [4.78, 5) is 36.1. The second kappa shape index (κ2) is 10.1. The summed E-state index contributed by atoms with van der Waals surface area (Å²) in [6.07, 6.45) is 0. The first-order valence-corrected chi connectivity index (χ1v) is 9.82. The third-order valence-electron chi connectivity index (χ3n) is 4.71. The zero-order valence-electron chi connectivity index (χ0n) is 17.1. The van der Waals surface area contributed by atoms with Crippen LogP contribution in [0.2, 0.25) is 0 Å². The number of benzene rings is 3. The van der Waals surface area contributed by atoms with Crippen LogP contribution < -0.4 is 21.7 Å². The molecule has 3 rings (SSSR count). The molecule has 0 aliphatic rings. The number of hydrogen-bond donors (Lipinski definition) is 4. The Labute approximate surface area is 180 Å². The molecular weight excluding hydrogens is 392 g/mol. The van der Waals surface area contributed by atoms with Crippen molar-refractivity contribution in [1.29, 1.82) is 0 Å². The summed E-state index contributed by atoms with van der Waals surface area (Å²) < 4.78 is 0. The second-order valence-corrected chi connectivity index (χ2v) is 6.99. The molecule has 0 aliphatic carbocycles. The Kier molecular flexibility index (Phi) is 7.01. The van der Waals surface area contributed by atoms with E-state index in [2.05, 4.69) is 16.0 Å². The molecule has 3 aromatic carbocycles. The number of primary amides is 1. The fraction of sp³-hybridized carbons (Fsp3) is 0.125. The SMILES string of the molecule is CC(NC(=O)c1ccc(NC(=O)CNc2ccccc2C(N)=O)cc1)c1ccccc1. The van der Waals surface area contributed by atoms with Crippen molar-refractivity contribution >= 4 is 29.1 Å². The highest BCUT2D eigenvalue weighted by atomic mass is 16.2. The quantitative estimate of drug-likeness (QED) is 0.451. The lowest BCUT2D eigenvalue weighted by molar-refractivity contribution is -0.114. The second-order valence-electron chi connectivity index (χ2n) is 6.99. The Morgan fingerprint density at radius 1 is 0.871 bits per heavy atom. The molecule has 0 radical (unpaired) electrons. The molecule has 3 amide bonds. The van der Waals surface area contributed by atoms with Gasteiger partial charge in [0.25, 0.3) is 11.8 Å². The Morgan fingerprint density at radius 2 is 1.52 bits per heavy atom. The first kappa shape index (κ1) is 21.6. The van der Waals surface area contributed by atoms with Gasteiger partial charge in [-0.05, 0) is 48.9 Å². The van der Waals surface area contributed by atoms with Gasteiger partial charge in [-0.15, -0.1) is 0 Å². The highest BCUT2D eigenvalue weighted by Crippen LogP contribution is 2.15. The van der Waals surface area contributed by atoms with Gasteiger partial charge in [-0.2, -0.15) is 0 Å². The van der Waals surface area contributed by atoms with E-state index in [1.807, 2.05) is 37.3 Å². The van der Waals surface area contributed by atoms with Gasteiger partial charge in [-0.25, -0.2) is 0 Å². The highest BCUT2D eigenvalue weighted by Gasteiger charge is 2.12.